The van der Waals surface area contributed by atoms with E-state index in [1.165, 1.54) is 4.88 Å². The molecule has 24 heavy (non-hydrogen) atoms. The van der Waals surface area contributed by atoms with Crippen LogP contribution in [0.5, 0.6) is 0 Å². The lowest BCUT2D eigenvalue weighted by atomic mass is 10.1. The molecule has 3 aromatic heterocycles. The smallest absolute Gasteiger partial charge is 0.111 e. The zero-order valence-electron chi connectivity index (χ0n) is 13.6. The van der Waals surface area contributed by atoms with Gasteiger partial charge in [0.05, 0.1) is 23.8 Å². The van der Waals surface area contributed by atoms with Crippen LogP contribution in [0.15, 0.2) is 60.2 Å². The molecule has 0 aliphatic heterocycles. The molecule has 0 aliphatic carbocycles. The van der Waals surface area contributed by atoms with E-state index in [9.17, 15) is 0 Å². The van der Waals surface area contributed by atoms with Gasteiger partial charge >= 0.3 is 0 Å². The minimum Gasteiger partial charge on any atom is -0.321 e. The molecule has 0 saturated carbocycles. The number of aromatic amines is 1. The van der Waals surface area contributed by atoms with Crippen molar-refractivity contribution in [3.05, 3.63) is 70.8 Å². The quantitative estimate of drug-likeness (QED) is 0.576. The van der Waals surface area contributed by atoms with Crippen LogP contribution in [0.3, 0.4) is 0 Å². The van der Waals surface area contributed by atoms with Crippen LogP contribution in [-0.4, -0.2) is 19.7 Å². The number of aryl methyl sites for hydroxylation is 1. The maximum Gasteiger partial charge on any atom is 0.111 e. The molecule has 1 N–H and O–H groups in total. The van der Waals surface area contributed by atoms with E-state index in [0.717, 1.165) is 28.3 Å². The summed E-state index contributed by atoms with van der Waals surface area (Å²) >= 11 is 1.76. The van der Waals surface area contributed by atoms with E-state index in [2.05, 4.69) is 57.4 Å². The summed E-state index contributed by atoms with van der Waals surface area (Å²) < 4.78 is 2.21. The van der Waals surface area contributed by atoms with Crippen LogP contribution in [0.4, 0.5) is 0 Å². The molecule has 4 rings (SSSR count). The van der Waals surface area contributed by atoms with Gasteiger partial charge in [-0.1, -0.05) is 36.4 Å². The first-order valence-corrected chi connectivity index (χ1v) is 8.80. The Hall–Kier alpha value is -2.66. The molecule has 0 spiro atoms. The Morgan fingerprint density at radius 1 is 1.12 bits per heavy atom. The molecule has 4 aromatic rings. The third-order valence-corrected chi connectivity index (χ3v) is 5.20. The maximum absolute atomic E-state index is 4.72. The number of hydrogen-bond donors (Lipinski definition) is 1. The molecular formula is C19H18N4S. The maximum atomic E-state index is 4.72. The van der Waals surface area contributed by atoms with Gasteiger partial charge in [-0.25, -0.2) is 4.98 Å². The first kappa shape index (κ1) is 14.9. The van der Waals surface area contributed by atoms with Crippen molar-refractivity contribution < 1.29 is 0 Å². The zero-order valence-corrected chi connectivity index (χ0v) is 14.4. The van der Waals surface area contributed by atoms with Crippen LogP contribution in [0, 0.1) is 6.92 Å². The molecule has 1 unspecified atom stereocenters. The van der Waals surface area contributed by atoms with E-state index < -0.39 is 0 Å². The highest BCUT2D eigenvalue weighted by atomic mass is 32.1. The number of imidazole rings is 1. The van der Waals surface area contributed by atoms with Crippen LogP contribution in [-0.2, 0) is 0 Å². The van der Waals surface area contributed by atoms with Crippen molar-refractivity contribution >= 4 is 11.3 Å². The van der Waals surface area contributed by atoms with Gasteiger partial charge in [0, 0.05) is 16.1 Å². The number of H-pyrrole nitrogens is 1. The molecule has 0 radical (unpaired) electrons. The number of aromatic nitrogens is 4. The highest BCUT2D eigenvalue weighted by Gasteiger charge is 2.21. The number of rotatable bonds is 4. The Balaban J connectivity index is 1.90. The second kappa shape index (κ2) is 6.09. The second-order valence-corrected chi connectivity index (χ2v) is 6.82. The van der Waals surface area contributed by atoms with Crippen molar-refractivity contribution in [3.8, 4) is 22.6 Å². The van der Waals surface area contributed by atoms with Crippen molar-refractivity contribution in [1.29, 1.82) is 0 Å². The second-order valence-electron chi connectivity index (χ2n) is 5.84. The molecule has 0 bridgehead atoms. The van der Waals surface area contributed by atoms with Crippen LogP contribution in [0.25, 0.3) is 22.6 Å². The highest BCUT2D eigenvalue weighted by molar-refractivity contribution is 7.10. The summed E-state index contributed by atoms with van der Waals surface area (Å²) in [4.78, 5) is 6.02. The van der Waals surface area contributed by atoms with Gasteiger partial charge in [0.15, 0.2) is 0 Å². The molecule has 0 fully saturated rings. The lowest BCUT2D eigenvalue weighted by Crippen LogP contribution is -2.06. The third-order valence-electron chi connectivity index (χ3n) is 4.16. The van der Waals surface area contributed by atoms with Gasteiger partial charge in [-0.3, -0.25) is 5.10 Å². The van der Waals surface area contributed by atoms with Crippen molar-refractivity contribution in [1.82, 2.24) is 19.7 Å². The van der Waals surface area contributed by atoms with Gasteiger partial charge in [-0.05, 0) is 31.4 Å². The van der Waals surface area contributed by atoms with E-state index in [-0.39, 0.29) is 6.04 Å². The Labute approximate surface area is 144 Å². The molecule has 5 heteroatoms. The number of nitrogens with zero attached hydrogens (tertiary/aromatic N) is 3. The van der Waals surface area contributed by atoms with Gasteiger partial charge in [0.2, 0.25) is 0 Å². The molecule has 0 amide bonds. The average molecular weight is 334 g/mol. The number of hydrogen-bond acceptors (Lipinski definition) is 3. The molecule has 1 atom stereocenters. The lowest BCUT2D eigenvalue weighted by Gasteiger charge is -2.15. The number of thiophene rings is 1. The normalized spacial score (nSPS) is 12.4. The van der Waals surface area contributed by atoms with E-state index in [1.807, 2.05) is 31.5 Å². The summed E-state index contributed by atoms with van der Waals surface area (Å²) in [6.45, 7) is 4.22. The predicted molar refractivity (Wildman–Crippen MR) is 98.1 cm³/mol. The Morgan fingerprint density at radius 3 is 2.62 bits per heavy atom. The summed E-state index contributed by atoms with van der Waals surface area (Å²) in [6.07, 6.45) is 1.92. The van der Waals surface area contributed by atoms with E-state index >= 15 is 0 Å². The molecule has 3 heterocycles. The molecule has 120 valence electrons. The topological polar surface area (TPSA) is 46.5 Å². The first-order valence-electron chi connectivity index (χ1n) is 7.92. The fourth-order valence-electron chi connectivity index (χ4n) is 2.92. The zero-order chi connectivity index (χ0) is 16.5. The summed E-state index contributed by atoms with van der Waals surface area (Å²) in [6, 6.07) is 16.8. The monoisotopic (exact) mass is 334 g/mol. The van der Waals surface area contributed by atoms with Crippen molar-refractivity contribution in [3.63, 3.8) is 0 Å². The van der Waals surface area contributed by atoms with Gasteiger partial charge < -0.3 is 4.57 Å². The van der Waals surface area contributed by atoms with E-state index in [0.29, 0.717) is 0 Å². The number of nitrogens with one attached hydrogen (secondary N) is 1. The highest BCUT2D eigenvalue weighted by Crippen LogP contribution is 2.35. The van der Waals surface area contributed by atoms with Gasteiger partial charge in [-0.2, -0.15) is 5.10 Å². The molecule has 4 nitrogen and oxygen atoms in total. The predicted octanol–water partition coefficient (Wildman–Crippen LogP) is 4.92. The van der Waals surface area contributed by atoms with Crippen LogP contribution in [0.2, 0.25) is 0 Å². The van der Waals surface area contributed by atoms with Gasteiger partial charge in [0.25, 0.3) is 0 Å². The lowest BCUT2D eigenvalue weighted by molar-refractivity contribution is 0.654. The largest absolute Gasteiger partial charge is 0.321 e. The van der Waals surface area contributed by atoms with Crippen LogP contribution in [0.1, 0.15) is 23.5 Å². The van der Waals surface area contributed by atoms with Crippen molar-refractivity contribution in [2.24, 2.45) is 0 Å². The van der Waals surface area contributed by atoms with Crippen LogP contribution >= 0.6 is 11.3 Å². The summed E-state index contributed by atoms with van der Waals surface area (Å²) in [5.41, 5.74) is 5.08. The SMILES string of the molecule is Cc1cc(-c2c(-c3ccccc3)ncn2C(C)c2cccs2)n[nH]1. The fourth-order valence-corrected chi connectivity index (χ4v) is 3.70. The minimum absolute atomic E-state index is 0.210. The standard InChI is InChI=1S/C19H18N4S/c1-13-11-16(22-21-13)19-18(15-7-4-3-5-8-15)20-12-23(19)14(2)17-9-6-10-24-17/h3-12,14H,1-2H3,(H,21,22). The minimum atomic E-state index is 0.210. The average Bonchev–Trinajstić information content (AvgIpc) is 3.35. The molecule has 0 aliphatic rings. The molecule has 1 aromatic carbocycles. The fraction of sp³-hybridized carbons (Fsp3) is 0.158. The number of benzene rings is 1. The Kier molecular flexibility index (Phi) is 3.78. The third kappa shape index (κ3) is 2.57. The summed E-state index contributed by atoms with van der Waals surface area (Å²) in [5, 5.41) is 9.64. The van der Waals surface area contributed by atoms with Gasteiger partial charge in [0.1, 0.15) is 5.69 Å². The van der Waals surface area contributed by atoms with Crippen molar-refractivity contribution in [2.75, 3.05) is 0 Å². The summed E-state index contributed by atoms with van der Waals surface area (Å²) in [7, 11) is 0. The van der Waals surface area contributed by atoms with Crippen molar-refractivity contribution in [2.45, 2.75) is 19.9 Å². The Bertz CT molecular complexity index is 935. The van der Waals surface area contributed by atoms with E-state index in [4.69, 9.17) is 4.98 Å². The van der Waals surface area contributed by atoms with Gasteiger partial charge in [-0.15, -0.1) is 11.3 Å². The first-order chi connectivity index (χ1) is 11.7. The summed E-state index contributed by atoms with van der Waals surface area (Å²) in [5.74, 6) is 0. The van der Waals surface area contributed by atoms with Crippen LogP contribution < -0.4 is 0 Å². The van der Waals surface area contributed by atoms with E-state index in [1.54, 1.807) is 11.3 Å². The molecular weight excluding hydrogens is 316 g/mol. The molecule has 0 saturated heterocycles. The Morgan fingerprint density at radius 2 is 1.96 bits per heavy atom.